The number of hydrogen-bond donors (Lipinski definition) is 5. The van der Waals surface area contributed by atoms with Crippen LogP contribution in [0.15, 0.2) is 191 Å². The number of aliphatic hydroxyl groups is 2. The summed E-state index contributed by atoms with van der Waals surface area (Å²) in [6, 6.07) is 37.3. The Balaban J connectivity index is 0.000000152. The Hall–Kier alpha value is -8.08. The van der Waals surface area contributed by atoms with Crippen molar-refractivity contribution in [3.05, 3.63) is 202 Å². The van der Waals surface area contributed by atoms with Gasteiger partial charge in [0.1, 0.15) is 43.0 Å². The molecule has 4 aromatic carbocycles. The van der Waals surface area contributed by atoms with Gasteiger partial charge in [-0.1, -0.05) is 0 Å². The van der Waals surface area contributed by atoms with Gasteiger partial charge < -0.3 is 96.9 Å². The first-order chi connectivity index (χ1) is 51.1. The summed E-state index contributed by atoms with van der Waals surface area (Å²) in [5.74, 6) is 1.68. The van der Waals surface area contributed by atoms with Gasteiger partial charge in [-0.15, -0.1) is 45.3 Å². The maximum absolute atomic E-state index is 9.69. The number of thiophene rings is 8. The minimum atomic E-state index is -0.510. The Labute approximate surface area is 636 Å². The van der Waals surface area contributed by atoms with Crippen molar-refractivity contribution in [3.8, 4) is 45.9 Å². The number of aliphatic hydroxyl groups excluding tert-OH is 2. The Morgan fingerprint density at radius 2 is 0.808 bits per heavy atom. The van der Waals surface area contributed by atoms with Crippen LogP contribution in [0.25, 0.3) is 26.1 Å². The van der Waals surface area contributed by atoms with Crippen molar-refractivity contribution in [1.29, 1.82) is 0 Å². The molecular formula is C76H82N4O16S8. The van der Waals surface area contributed by atoms with Gasteiger partial charge in [-0.3, -0.25) is 0 Å². The van der Waals surface area contributed by atoms with Gasteiger partial charge >= 0.3 is 0 Å². The molecule has 0 unspecified atom stereocenters. The standard InChI is InChI=1S/C26H35NO7S2.C18H17NO3S2.C18H19NO3S2.C14H11NO3S2/c1-5-29-11-20-13-35-15-25(20)27(26-16-36-14-21(26)12-32-17-28-4)22-8-23(33-18-30-6-2)10-24(9-22)34-19-31-7-3;20-7-8-21-9-10-22-14-3-1-13(2-4-14)19-15-5-11-23-17(15)18-16(19)6-12-24-18;20-7-8-21-9-10-22-18-3-1-15(2-4-18)19(16-5-11-23-13-16)17-6-12-24-14-17;16-12-5-11(6-13(17)14(12)18)15(9-1-3-19-7-9)10-2-4-20-8-10/h8-10,13-16H,5-7,11-12,17-19H2,1-4H3;1-6,11-12,20H,7-10H2;1-6,11-14,20H,7-10H2;1-8,16-18H. The van der Waals surface area contributed by atoms with Gasteiger partial charge in [0, 0.05) is 112 Å². The van der Waals surface area contributed by atoms with Crippen molar-refractivity contribution in [2.24, 2.45) is 0 Å². The smallest absolute Gasteiger partial charge is 0.200 e. The molecule has 0 aliphatic rings. The van der Waals surface area contributed by atoms with E-state index < -0.39 is 5.75 Å². The number of phenolic OH excluding ortho intramolecular Hbond substituents is 3. The largest absolute Gasteiger partial charge is 0.504 e. The van der Waals surface area contributed by atoms with E-state index in [9.17, 15) is 15.3 Å². The van der Waals surface area contributed by atoms with Crippen LogP contribution in [-0.4, -0.2) is 130 Å². The molecule has 13 rings (SSSR count). The molecule has 0 bridgehead atoms. The number of rotatable bonds is 37. The molecule has 0 atom stereocenters. The number of phenols is 3. The minimum Gasteiger partial charge on any atom is -0.504 e. The number of aromatic nitrogens is 1. The molecule has 0 aliphatic carbocycles. The topological polar surface area (TPSA) is 217 Å². The fraction of sp³-hybridized carbons (Fsp3) is 0.263. The van der Waals surface area contributed by atoms with Crippen molar-refractivity contribution in [3.63, 3.8) is 0 Å². The van der Waals surface area contributed by atoms with E-state index in [0.29, 0.717) is 89.9 Å². The number of methoxy groups -OCH3 is 1. The van der Waals surface area contributed by atoms with Crippen LogP contribution < -0.4 is 33.6 Å². The van der Waals surface area contributed by atoms with Crippen LogP contribution in [0.1, 0.15) is 31.9 Å². The monoisotopic (exact) mass is 1560 g/mol. The molecule has 104 heavy (non-hydrogen) atoms. The molecule has 0 saturated carbocycles. The van der Waals surface area contributed by atoms with Crippen LogP contribution in [0.5, 0.6) is 40.2 Å². The third kappa shape index (κ3) is 21.8. The summed E-state index contributed by atoms with van der Waals surface area (Å²) in [6.07, 6.45) is 0. The first-order valence-corrected chi connectivity index (χ1v) is 40.4. The predicted molar refractivity (Wildman–Crippen MR) is 425 cm³/mol. The molecule has 0 aliphatic heterocycles. The lowest BCUT2D eigenvalue weighted by Crippen LogP contribution is -2.14. The molecule has 0 radical (unpaired) electrons. The molecule has 9 aromatic heterocycles. The van der Waals surface area contributed by atoms with Gasteiger partial charge in [-0.25, -0.2) is 0 Å². The van der Waals surface area contributed by atoms with E-state index in [1.165, 1.54) is 32.6 Å². The number of nitrogens with zero attached hydrogens (tertiary/aromatic N) is 4. The lowest BCUT2D eigenvalue weighted by molar-refractivity contribution is -0.0388. The SMILES string of the molecule is CCOCOc1cc(OCOCC)cc(N(c2cscc2COCC)c2cscc2COCOC)c1.OCCOCCOc1ccc(-n2c3ccsc3c3sccc32)cc1.OCCOCCOc1ccc(N(c2ccsc2)c2ccsc2)cc1.Oc1cc(N(c2ccsc2)c2ccsc2)cc(O)c1O. The number of aromatic hydroxyl groups is 3. The summed E-state index contributed by atoms with van der Waals surface area (Å²) in [5, 5.41) is 75.2. The fourth-order valence-electron chi connectivity index (χ4n) is 10.3. The summed E-state index contributed by atoms with van der Waals surface area (Å²) >= 11 is 13.3. The quantitative estimate of drug-likeness (QED) is 0.0139. The Morgan fingerprint density at radius 3 is 1.24 bits per heavy atom. The van der Waals surface area contributed by atoms with E-state index in [1.54, 1.807) is 97.8 Å². The molecular weight excluding hydrogens is 1480 g/mol. The normalized spacial score (nSPS) is 11.0. The second kappa shape index (κ2) is 42.2. The van der Waals surface area contributed by atoms with E-state index in [-0.39, 0.29) is 45.1 Å². The summed E-state index contributed by atoms with van der Waals surface area (Å²) in [7, 11) is 1.61. The van der Waals surface area contributed by atoms with E-state index in [2.05, 4.69) is 117 Å². The molecule has 9 heterocycles. The number of ether oxygens (including phenoxy) is 11. The van der Waals surface area contributed by atoms with Gasteiger partial charge in [0.05, 0.1) is 119 Å². The highest BCUT2D eigenvalue weighted by Gasteiger charge is 2.24. The summed E-state index contributed by atoms with van der Waals surface area (Å²) in [4.78, 5) is 6.31. The zero-order valence-corrected chi connectivity index (χ0v) is 64.2. The summed E-state index contributed by atoms with van der Waals surface area (Å²) in [6.45, 7) is 11.7. The van der Waals surface area contributed by atoms with Gasteiger partial charge in [0.2, 0.25) is 0 Å². The predicted octanol–water partition coefficient (Wildman–Crippen LogP) is 20.0. The van der Waals surface area contributed by atoms with E-state index in [4.69, 9.17) is 62.3 Å². The summed E-state index contributed by atoms with van der Waals surface area (Å²) in [5.41, 5.74) is 14.5. The van der Waals surface area contributed by atoms with Crippen LogP contribution in [0, 0.1) is 0 Å². The molecule has 13 aromatic rings. The maximum Gasteiger partial charge on any atom is 0.200 e. The highest BCUT2D eigenvalue weighted by molar-refractivity contribution is 7.25. The molecule has 0 amide bonds. The average Bonchev–Trinajstić information content (AvgIpc) is 1.59. The minimum absolute atomic E-state index is 0.0374. The number of hydrogen-bond acceptors (Lipinski definition) is 27. The molecule has 20 nitrogen and oxygen atoms in total. The average molecular weight is 1560 g/mol. The first kappa shape index (κ1) is 78.5. The molecule has 550 valence electrons. The van der Waals surface area contributed by atoms with E-state index in [1.807, 2.05) is 102 Å². The van der Waals surface area contributed by atoms with E-state index in [0.717, 1.165) is 73.8 Å². The first-order valence-electron chi connectivity index (χ1n) is 33.0. The second-order valence-electron chi connectivity index (χ2n) is 21.9. The van der Waals surface area contributed by atoms with Crippen LogP contribution in [0.3, 0.4) is 0 Å². The Morgan fingerprint density at radius 1 is 0.365 bits per heavy atom. The number of anilines is 9. The van der Waals surface area contributed by atoms with Gasteiger partial charge in [-0.05, 0) is 149 Å². The highest BCUT2D eigenvalue weighted by atomic mass is 32.1. The van der Waals surface area contributed by atoms with Gasteiger partial charge in [-0.2, -0.15) is 45.3 Å². The molecule has 5 N–H and O–H groups in total. The highest BCUT2D eigenvalue weighted by Crippen LogP contribution is 2.47. The summed E-state index contributed by atoms with van der Waals surface area (Å²) < 4.78 is 65.8. The van der Waals surface area contributed by atoms with Crippen molar-refractivity contribution >= 4 is 162 Å². The third-order valence-corrected chi connectivity index (χ3v) is 21.2. The Kier molecular flexibility index (Phi) is 31.8. The van der Waals surface area contributed by atoms with Crippen LogP contribution in [-0.2, 0) is 46.4 Å². The molecule has 28 heteroatoms. The van der Waals surface area contributed by atoms with Crippen molar-refractivity contribution < 1.29 is 77.6 Å². The number of benzene rings is 4. The zero-order chi connectivity index (χ0) is 72.7. The Bertz CT molecular complexity index is 4330. The van der Waals surface area contributed by atoms with Crippen LogP contribution in [0.2, 0.25) is 0 Å². The van der Waals surface area contributed by atoms with Crippen LogP contribution >= 0.6 is 90.7 Å². The van der Waals surface area contributed by atoms with E-state index >= 15 is 0 Å². The third-order valence-electron chi connectivity index (χ3n) is 15.0. The second-order valence-corrected chi connectivity index (χ2v) is 28.3. The van der Waals surface area contributed by atoms with Crippen molar-refractivity contribution in [2.45, 2.75) is 34.0 Å². The zero-order valence-electron chi connectivity index (χ0n) is 57.6. The van der Waals surface area contributed by atoms with Gasteiger partial charge in [0.15, 0.2) is 30.8 Å². The molecule has 0 spiro atoms. The number of fused-ring (bicyclic) bond motifs is 3. The van der Waals surface area contributed by atoms with Crippen molar-refractivity contribution in [1.82, 2.24) is 4.57 Å². The lowest BCUT2D eigenvalue weighted by atomic mass is 10.1. The lowest BCUT2D eigenvalue weighted by Gasteiger charge is -2.27. The molecule has 0 fully saturated rings. The molecule has 0 saturated heterocycles. The van der Waals surface area contributed by atoms with Gasteiger partial charge in [0.25, 0.3) is 0 Å². The van der Waals surface area contributed by atoms with Crippen LogP contribution in [0.4, 0.5) is 51.2 Å². The fourth-order valence-corrected chi connectivity index (χ4v) is 16.4. The maximum atomic E-state index is 9.69. The van der Waals surface area contributed by atoms with Crippen molar-refractivity contribution in [2.75, 3.05) is 115 Å².